The fraction of sp³-hybridized carbons (Fsp3) is 0.409. The Morgan fingerprint density at radius 3 is 1.72 bits per heavy atom. The van der Waals surface area contributed by atoms with Crippen molar-refractivity contribution >= 4 is 100 Å². The Morgan fingerprint density at radius 1 is 0.629 bits per heavy atom. The Hall–Kier alpha value is -10.2. The van der Waals surface area contributed by atoms with Gasteiger partial charge in [0.05, 0.1) is 19.4 Å². The number of carboxylic acids is 1. The van der Waals surface area contributed by atoms with Gasteiger partial charge in [0.25, 0.3) is 0 Å². The summed E-state index contributed by atoms with van der Waals surface area (Å²) in [6.45, 7) is 6.45. The maximum absolute atomic E-state index is 14.8. The summed E-state index contributed by atoms with van der Waals surface area (Å²) in [4.78, 5) is 175. The van der Waals surface area contributed by atoms with Crippen molar-refractivity contribution in [2.45, 2.75) is 128 Å². The standard InChI is InChI=1S/C66H82N15O14PS/c1-39(2)57(65(94)70-36-56(87)97-38-96(46-18-11-7-12-19-46)47-20-13-8-14-21-47)78-62(91)50(30-42-16-9-6-10-17-42)77-61(90)49(31-43-23-25-45(82)26-24-43)76-60(89)48(27-28-55(85)86)75-64(93)52-22-15-29-81(52)66(95)58(40(3)4)79-63(92)51(32-44-33-68-37-71-44)74-53(83)34-69-59(88)41(5)73-54(84)35-72-80-67/h6-14,16-21,23-26,33,37,39-41,48-52,57-58,82H,15,22,27-32,34-36,38H2,1-5H3,(H,68,71)(H,69,88)(H,70,94)(H,73,84)(H,74,83)(H,75,93)(H,76,89)(H,77,90)(H,78,91)(H,79,92)(H,85,86)/t41-,48-,49-,50-,51-,52-,57-,58-/m0/s1. The highest BCUT2D eigenvalue weighted by molar-refractivity contribution is 8.18. The molecule has 1 fully saturated rings. The first-order valence-corrected chi connectivity index (χ1v) is 33.9. The molecule has 1 saturated heterocycles. The summed E-state index contributed by atoms with van der Waals surface area (Å²) in [6, 6.07) is 23.1. The van der Waals surface area contributed by atoms with E-state index in [1.165, 1.54) is 48.6 Å². The Morgan fingerprint density at radius 2 is 1.16 bits per heavy atom. The molecule has 0 bridgehead atoms. The van der Waals surface area contributed by atoms with Crippen molar-refractivity contribution in [2.24, 2.45) is 17.0 Å². The number of aromatic nitrogens is 2. The predicted octanol–water partition coefficient (Wildman–Crippen LogP) is 1.62. The Labute approximate surface area is 565 Å². The molecule has 5 aromatic rings. The number of likely N-dealkylation sites (tertiary alicyclic amines) is 1. The number of hydrogen-bond donors (Lipinski definition) is 12. The largest absolute Gasteiger partial charge is 0.508 e. The number of phenolic OH excluding ortho intramolecular Hbond substituents is 1. The third kappa shape index (κ3) is 24.5. The van der Waals surface area contributed by atoms with Crippen LogP contribution < -0.4 is 58.5 Å². The Balaban J connectivity index is 1.16. The number of hydrogen-bond acceptors (Lipinski definition) is 16. The number of carbonyl (C=O) groups excluding carboxylic acids is 11. The van der Waals surface area contributed by atoms with Crippen LogP contribution in [0.25, 0.3) is 10.4 Å². The van der Waals surface area contributed by atoms with E-state index >= 15 is 0 Å². The van der Waals surface area contributed by atoms with Crippen LogP contribution >= 0.6 is 19.7 Å². The number of rotatable bonds is 36. The minimum absolute atomic E-state index is 0.0144. The molecule has 29 nitrogen and oxygen atoms in total. The zero-order valence-corrected chi connectivity index (χ0v) is 56.0. The van der Waals surface area contributed by atoms with Crippen LogP contribution in [0.5, 0.6) is 5.75 Å². The first kappa shape index (κ1) is 75.8. The van der Waals surface area contributed by atoms with Gasteiger partial charge in [-0.2, -0.15) is 0 Å². The number of carboxylic acid groups (broad SMARTS) is 1. The van der Waals surface area contributed by atoms with E-state index in [4.69, 9.17) is 5.53 Å². The Bertz CT molecular complexity index is 3530. The van der Waals surface area contributed by atoms with E-state index in [-0.39, 0.29) is 56.1 Å². The van der Waals surface area contributed by atoms with Crippen LogP contribution in [-0.4, -0.2) is 175 Å². The molecular formula is C66H82N15O14PS. The Kier molecular flexibility index (Phi) is 30.0. The number of phenols is 1. The molecule has 4 aromatic carbocycles. The minimum atomic E-state index is -1.64. The van der Waals surface area contributed by atoms with Gasteiger partial charge in [-0.25, -0.2) is 4.98 Å². The van der Waals surface area contributed by atoms with E-state index in [0.29, 0.717) is 22.3 Å². The van der Waals surface area contributed by atoms with E-state index in [0.717, 1.165) is 22.4 Å². The second-order valence-electron chi connectivity index (χ2n) is 23.6. The van der Waals surface area contributed by atoms with Crippen molar-refractivity contribution in [1.29, 1.82) is 0 Å². The number of nitrogens with zero attached hydrogens (tertiary/aromatic N) is 5. The summed E-state index contributed by atoms with van der Waals surface area (Å²) in [5.74, 6) is -10.7. The molecule has 1 aliphatic heterocycles. The fourth-order valence-corrected chi connectivity index (χ4v) is 14.2. The van der Waals surface area contributed by atoms with Gasteiger partial charge in [-0.15, -0.1) is 0 Å². The third-order valence-corrected chi connectivity index (χ3v) is 19.4. The summed E-state index contributed by atoms with van der Waals surface area (Å²) >= 11 is 1.09. The number of amides is 10. The van der Waals surface area contributed by atoms with Crippen LogP contribution in [0.3, 0.4) is 0 Å². The molecule has 8 atom stereocenters. The van der Waals surface area contributed by atoms with E-state index in [9.17, 15) is 67.7 Å². The van der Waals surface area contributed by atoms with Crippen molar-refractivity contribution in [3.8, 4) is 5.75 Å². The van der Waals surface area contributed by atoms with Crippen molar-refractivity contribution in [2.75, 3.05) is 31.7 Å². The molecule has 1 aromatic heterocycles. The van der Waals surface area contributed by atoms with Crippen LogP contribution in [0.1, 0.15) is 77.1 Å². The highest BCUT2D eigenvalue weighted by Gasteiger charge is 2.41. The van der Waals surface area contributed by atoms with Crippen molar-refractivity contribution in [3.05, 3.63) is 155 Å². The second-order valence-corrected chi connectivity index (χ2v) is 27.3. The van der Waals surface area contributed by atoms with Gasteiger partial charge in [0.15, 0.2) is 0 Å². The lowest BCUT2D eigenvalue weighted by Gasteiger charge is -2.32. The monoisotopic (exact) mass is 1370 g/mol. The average Bonchev–Trinajstić information content (AvgIpc) is 1.78. The topological polar surface area (TPSA) is 434 Å². The maximum Gasteiger partial charge on any atom is 0.303 e. The predicted molar refractivity (Wildman–Crippen MR) is 361 cm³/mol. The summed E-state index contributed by atoms with van der Waals surface area (Å²) in [7, 11) is -0.923. The molecule has 0 spiro atoms. The number of aliphatic carboxylic acids is 1. The number of imidazole rings is 1. The molecular weight excluding hydrogens is 1290 g/mol. The van der Waals surface area contributed by atoms with Crippen LogP contribution in [0.15, 0.2) is 133 Å². The lowest BCUT2D eigenvalue weighted by molar-refractivity contribution is -0.143. The highest BCUT2D eigenvalue weighted by atomic mass is 32.2. The summed E-state index contributed by atoms with van der Waals surface area (Å²) in [6.07, 6.45) is 1.41. The number of H-pyrrole nitrogens is 1. The minimum Gasteiger partial charge on any atom is -0.508 e. The molecule has 516 valence electrons. The van der Waals surface area contributed by atoms with Crippen LogP contribution in [0, 0.1) is 11.8 Å². The summed E-state index contributed by atoms with van der Waals surface area (Å²) in [5, 5.41) is 48.3. The molecule has 6 rings (SSSR count). The van der Waals surface area contributed by atoms with Gasteiger partial charge in [0.1, 0.15) is 60.6 Å². The van der Waals surface area contributed by atoms with Crippen molar-refractivity contribution in [1.82, 2.24) is 62.7 Å². The summed E-state index contributed by atoms with van der Waals surface area (Å²) in [5.41, 5.74) is 10.3. The molecule has 0 unspecified atom stereocenters. The van der Waals surface area contributed by atoms with Gasteiger partial charge < -0.3 is 67.9 Å². The zero-order valence-electron chi connectivity index (χ0n) is 54.3. The SMILES string of the molecule is CC(C)[C@H](NC(=O)[C@H](Cc1ccccc1)NC(=O)[C@H](Cc1ccc(O)cc1)NC(=O)[C@H](CCC(=O)O)NC(=O)[C@@H]1CCCN1C(=O)[C@@H](NC(=O)[C@H](Cc1cnc[nH]1)NC(=O)CNC(=O)[C@H](C)NC(=O)CN=[N+]=[N-])C(C)C)C(=O)NCC(=O)SCP(c1ccccc1)c1ccccc1. The molecule has 10 amide bonds. The van der Waals surface area contributed by atoms with E-state index in [1.807, 2.05) is 60.7 Å². The van der Waals surface area contributed by atoms with Gasteiger partial charge in [0, 0.05) is 54.5 Å². The van der Waals surface area contributed by atoms with Crippen LogP contribution in [0.4, 0.5) is 0 Å². The van der Waals surface area contributed by atoms with Gasteiger partial charge in [-0.3, -0.25) is 57.5 Å². The van der Waals surface area contributed by atoms with Gasteiger partial charge in [-0.05, 0) is 85.3 Å². The average molecular weight is 1370 g/mol. The van der Waals surface area contributed by atoms with Crippen LogP contribution in [-0.2, 0) is 76.8 Å². The number of nitrogens with one attached hydrogen (secondary N) is 10. The number of carbonyl (C=O) groups is 12. The molecule has 31 heteroatoms. The van der Waals surface area contributed by atoms with Crippen molar-refractivity contribution in [3.63, 3.8) is 0 Å². The molecule has 1 aliphatic rings. The lowest BCUT2D eigenvalue weighted by Crippen LogP contribution is -2.61. The smallest absolute Gasteiger partial charge is 0.303 e. The van der Waals surface area contributed by atoms with Gasteiger partial charge in [-0.1, -0.05) is 148 Å². The van der Waals surface area contributed by atoms with E-state index < -0.39 is 159 Å². The fourth-order valence-electron chi connectivity index (χ4n) is 10.3. The van der Waals surface area contributed by atoms with Gasteiger partial charge in [0.2, 0.25) is 64.2 Å². The number of azide groups is 1. The molecule has 0 aliphatic carbocycles. The molecule has 0 saturated carbocycles. The normalized spacial score (nSPS) is 14.8. The quantitative estimate of drug-likeness (QED) is 0.0117. The molecule has 97 heavy (non-hydrogen) atoms. The molecule has 0 radical (unpaired) electrons. The van der Waals surface area contributed by atoms with E-state index in [2.05, 4.69) is 67.8 Å². The number of aromatic hydroxyl groups is 1. The lowest BCUT2D eigenvalue weighted by atomic mass is 9.99. The zero-order chi connectivity index (χ0) is 70.6. The third-order valence-electron chi connectivity index (χ3n) is 15.5. The van der Waals surface area contributed by atoms with Gasteiger partial charge >= 0.3 is 5.97 Å². The second kappa shape index (κ2) is 38.4. The number of benzene rings is 4. The summed E-state index contributed by atoms with van der Waals surface area (Å²) < 4.78 is 0. The van der Waals surface area contributed by atoms with Crippen LogP contribution in [0.2, 0.25) is 0 Å². The maximum atomic E-state index is 14.8. The number of thioether (sulfide) groups is 1. The van der Waals surface area contributed by atoms with Crippen molar-refractivity contribution < 1.29 is 67.7 Å². The highest BCUT2D eigenvalue weighted by Crippen LogP contribution is 2.37. The molecule has 2 heterocycles. The first-order chi connectivity index (χ1) is 46.4. The number of aromatic amines is 1. The van der Waals surface area contributed by atoms with E-state index in [1.54, 1.807) is 58.0 Å². The molecule has 12 N–H and O–H groups in total. The first-order valence-electron chi connectivity index (χ1n) is 31.4.